The van der Waals surface area contributed by atoms with E-state index in [4.69, 9.17) is 25.8 Å². The number of halogens is 1. The molecule has 0 aliphatic carbocycles. The average Bonchev–Trinajstić information content (AvgIpc) is 2.59. The molecule has 0 atom stereocenters. The van der Waals surface area contributed by atoms with Gasteiger partial charge in [0, 0.05) is 17.6 Å². The van der Waals surface area contributed by atoms with Gasteiger partial charge in [-0.05, 0) is 42.8 Å². The van der Waals surface area contributed by atoms with Gasteiger partial charge in [0.1, 0.15) is 12.4 Å². The number of aryl methyl sites for hydroxylation is 1. The van der Waals surface area contributed by atoms with E-state index < -0.39 is 10.0 Å². The molecule has 0 saturated carbocycles. The van der Waals surface area contributed by atoms with Crippen LogP contribution in [-0.2, 0) is 10.0 Å². The second kappa shape index (κ2) is 8.42. The van der Waals surface area contributed by atoms with Crippen molar-refractivity contribution in [1.29, 1.82) is 0 Å². The van der Waals surface area contributed by atoms with Crippen LogP contribution in [0.15, 0.2) is 41.3 Å². The normalized spacial score (nSPS) is 11.2. The van der Waals surface area contributed by atoms with Gasteiger partial charge in [0.2, 0.25) is 10.0 Å². The molecule has 0 fully saturated rings. The van der Waals surface area contributed by atoms with Gasteiger partial charge in [0.25, 0.3) is 0 Å². The lowest BCUT2D eigenvalue weighted by Gasteiger charge is -2.12. The molecule has 2 aromatic carbocycles. The minimum absolute atomic E-state index is 0.0906. The Bertz CT molecular complexity index is 839. The van der Waals surface area contributed by atoms with E-state index in [2.05, 4.69) is 4.72 Å². The number of nitrogens with one attached hydrogen (secondary N) is 1. The Hall–Kier alpha value is -1.96. The van der Waals surface area contributed by atoms with E-state index in [-0.39, 0.29) is 18.0 Å². The summed E-state index contributed by atoms with van der Waals surface area (Å²) in [5.74, 6) is 1.47. The van der Waals surface area contributed by atoms with E-state index in [1.165, 1.54) is 26.4 Å². The highest BCUT2D eigenvalue weighted by Crippen LogP contribution is 2.29. The highest BCUT2D eigenvalue weighted by atomic mass is 35.5. The van der Waals surface area contributed by atoms with Crippen LogP contribution in [0.2, 0.25) is 5.02 Å². The van der Waals surface area contributed by atoms with Gasteiger partial charge in [-0.3, -0.25) is 0 Å². The van der Waals surface area contributed by atoms with Crippen LogP contribution in [0.1, 0.15) is 5.56 Å². The third-order valence-corrected chi connectivity index (χ3v) is 5.15. The van der Waals surface area contributed by atoms with Crippen molar-refractivity contribution in [2.24, 2.45) is 0 Å². The molecule has 0 bridgehead atoms. The number of methoxy groups -OCH3 is 2. The lowest BCUT2D eigenvalue weighted by atomic mass is 10.2. The average molecular weight is 386 g/mol. The third kappa shape index (κ3) is 5.01. The summed E-state index contributed by atoms with van der Waals surface area (Å²) in [6, 6.07) is 9.66. The first-order valence-electron chi connectivity index (χ1n) is 7.48. The fourth-order valence-electron chi connectivity index (χ4n) is 2.18. The number of benzene rings is 2. The lowest BCUT2D eigenvalue weighted by Crippen LogP contribution is -2.28. The van der Waals surface area contributed by atoms with Crippen LogP contribution >= 0.6 is 11.6 Å². The van der Waals surface area contributed by atoms with Crippen molar-refractivity contribution >= 4 is 21.6 Å². The quantitative estimate of drug-likeness (QED) is 0.707. The molecule has 2 aromatic rings. The second-order valence-electron chi connectivity index (χ2n) is 5.17. The van der Waals surface area contributed by atoms with E-state index >= 15 is 0 Å². The first-order chi connectivity index (χ1) is 11.9. The van der Waals surface area contributed by atoms with Crippen molar-refractivity contribution in [3.05, 3.63) is 47.0 Å². The second-order valence-corrected chi connectivity index (χ2v) is 7.38. The fourth-order valence-corrected chi connectivity index (χ4v) is 3.43. The van der Waals surface area contributed by atoms with Gasteiger partial charge >= 0.3 is 0 Å². The van der Waals surface area contributed by atoms with Gasteiger partial charge in [-0.25, -0.2) is 13.1 Å². The van der Waals surface area contributed by atoms with Crippen LogP contribution in [-0.4, -0.2) is 35.8 Å². The minimum Gasteiger partial charge on any atom is -0.493 e. The van der Waals surface area contributed by atoms with Crippen molar-refractivity contribution in [2.45, 2.75) is 11.8 Å². The number of hydrogen-bond acceptors (Lipinski definition) is 5. The molecule has 2 rings (SSSR count). The Balaban J connectivity index is 1.97. The Labute approximate surface area is 152 Å². The van der Waals surface area contributed by atoms with E-state index in [0.29, 0.717) is 22.3 Å². The topological polar surface area (TPSA) is 73.9 Å². The molecule has 136 valence electrons. The van der Waals surface area contributed by atoms with E-state index in [0.717, 1.165) is 5.56 Å². The zero-order valence-electron chi connectivity index (χ0n) is 14.2. The van der Waals surface area contributed by atoms with Gasteiger partial charge in [0.05, 0.1) is 19.1 Å². The SMILES string of the molecule is COc1ccc(S(=O)(=O)NCCOc2ccc(Cl)cc2C)cc1OC. The summed E-state index contributed by atoms with van der Waals surface area (Å²) in [6.45, 7) is 2.18. The summed E-state index contributed by atoms with van der Waals surface area (Å²) in [7, 11) is -0.741. The first-order valence-corrected chi connectivity index (χ1v) is 9.34. The molecule has 0 aromatic heterocycles. The molecule has 6 nitrogen and oxygen atoms in total. The largest absolute Gasteiger partial charge is 0.493 e. The molecule has 0 aliphatic heterocycles. The zero-order chi connectivity index (χ0) is 18.4. The zero-order valence-corrected chi connectivity index (χ0v) is 15.8. The summed E-state index contributed by atoms with van der Waals surface area (Å²) in [5.41, 5.74) is 0.884. The predicted octanol–water partition coefficient (Wildman–Crippen LogP) is 3.02. The monoisotopic (exact) mass is 385 g/mol. The van der Waals surface area contributed by atoms with Crippen LogP contribution in [0, 0.1) is 6.92 Å². The lowest BCUT2D eigenvalue weighted by molar-refractivity contribution is 0.320. The minimum atomic E-state index is -3.68. The number of sulfonamides is 1. The predicted molar refractivity (Wildman–Crippen MR) is 96.4 cm³/mol. The smallest absolute Gasteiger partial charge is 0.240 e. The first kappa shape index (κ1) is 19.4. The van der Waals surface area contributed by atoms with Crippen molar-refractivity contribution in [3.8, 4) is 17.2 Å². The van der Waals surface area contributed by atoms with E-state index in [1.807, 2.05) is 6.92 Å². The maximum atomic E-state index is 12.3. The van der Waals surface area contributed by atoms with Gasteiger partial charge < -0.3 is 14.2 Å². The molecular formula is C17H20ClNO5S. The van der Waals surface area contributed by atoms with E-state index in [1.54, 1.807) is 24.3 Å². The summed E-state index contributed by atoms with van der Waals surface area (Å²) < 4.78 is 43.0. The van der Waals surface area contributed by atoms with Gasteiger partial charge in [-0.1, -0.05) is 11.6 Å². The van der Waals surface area contributed by atoms with Crippen LogP contribution in [0.5, 0.6) is 17.2 Å². The Morgan fingerprint density at radius 3 is 2.32 bits per heavy atom. The molecule has 0 aliphatic rings. The van der Waals surface area contributed by atoms with Crippen molar-refractivity contribution < 1.29 is 22.6 Å². The molecule has 0 heterocycles. The highest BCUT2D eigenvalue weighted by molar-refractivity contribution is 7.89. The third-order valence-electron chi connectivity index (χ3n) is 3.45. The summed E-state index contributed by atoms with van der Waals surface area (Å²) >= 11 is 5.89. The molecule has 0 unspecified atom stereocenters. The van der Waals surface area contributed by atoms with Gasteiger partial charge in [0.15, 0.2) is 11.5 Å². The molecular weight excluding hydrogens is 366 g/mol. The summed E-state index contributed by atoms with van der Waals surface area (Å²) in [4.78, 5) is 0.0906. The Morgan fingerprint density at radius 2 is 1.68 bits per heavy atom. The number of hydrogen-bond donors (Lipinski definition) is 1. The number of rotatable bonds is 8. The molecule has 0 amide bonds. The van der Waals surface area contributed by atoms with Crippen molar-refractivity contribution in [1.82, 2.24) is 4.72 Å². The summed E-state index contributed by atoms with van der Waals surface area (Å²) in [6.07, 6.45) is 0. The Kier molecular flexibility index (Phi) is 6.52. The van der Waals surface area contributed by atoms with Gasteiger partial charge in [-0.2, -0.15) is 0 Å². The fraction of sp³-hybridized carbons (Fsp3) is 0.294. The maximum absolute atomic E-state index is 12.3. The molecule has 1 N–H and O–H groups in total. The molecule has 8 heteroatoms. The standard InChI is InChI=1S/C17H20ClNO5S/c1-12-10-13(18)4-6-15(12)24-9-8-19-25(20,21)14-5-7-16(22-2)17(11-14)23-3/h4-7,10-11,19H,8-9H2,1-3H3. The van der Waals surface area contributed by atoms with Crippen LogP contribution in [0.3, 0.4) is 0 Å². The van der Waals surface area contributed by atoms with Crippen molar-refractivity contribution in [3.63, 3.8) is 0 Å². The molecule has 0 radical (unpaired) electrons. The summed E-state index contributed by atoms with van der Waals surface area (Å²) in [5, 5.41) is 0.624. The molecule has 25 heavy (non-hydrogen) atoms. The Morgan fingerprint density at radius 1 is 1.00 bits per heavy atom. The molecule has 0 spiro atoms. The van der Waals surface area contributed by atoms with Gasteiger partial charge in [-0.15, -0.1) is 0 Å². The van der Waals surface area contributed by atoms with Crippen LogP contribution in [0.25, 0.3) is 0 Å². The van der Waals surface area contributed by atoms with Crippen LogP contribution < -0.4 is 18.9 Å². The number of ether oxygens (including phenoxy) is 3. The maximum Gasteiger partial charge on any atom is 0.240 e. The highest BCUT2D eigenvalue weighted by Gasteiger charge is 2.16. The van der Waals surface area contributed by atoms with E-state index in [9.17, 15) is 8.42 Å². The van der Waals surface area contributed by atoms with Crippen molar-refractivity contribution in [2.75, 3.05) is 27.4 Å². The van der Waals surface area contributed by atoms with Crippen LogP contribution in [0.4, 0.5) is 0 Å². The molecule has 0 saturated heterocycles.